The number of hydrogen-bond acceptors (Lipinski definition) is 5. The summed E-state index contributed by atoms with van der Waals surface area (Å²) in [6.07, 6.45) is 5.50. The molecule has 0 bridgehead atoms. The normalized spacial score (nSPS) is 16.1. The van der Waals surface area contributed by atoms with E-state index in [0.29, 0.717) is 12.3 Å². The Kier molecular flexibility index (Phi) is 7.95. The SMILES string of the molecule is CCOC(=O)C(CCCC1CCCc2c(OC)cccc21)C(=O)OCC. The van der Waals surface area contributed by atoms with Crippen molar-refractivity contribution in [2.45, 2.75) is 58.3 Å². The zero-order chi connectivity index (χ0) is 18.9. The number of carbonyl (C=O) groups is 2. The van der Waals surface area contributed by atoms with Crippen molar-refractivity contribution in [1.82, 2.24) is 0 Å². The molecule has 1 aromatic carbocycles. The van der Waals surface area contributed by atoms with Gasteiger partial charge in [-0.05, 0) is 69.1 Å². The van der Waals surface area contributed by atoms with E-state index >= 15 is 0 Å². The molecule has 26 heavy (non-hydrogen) atoms. The van der Waals surface area contributed by atoms with Gasteiger partial charge in [-0.1, -0.05) is 18.6 Å². The van der Waals surface area contributed by atoms with Crippen LogP contribution in [-0.2, 0) is 25.5 Å². The summed E-state index contributed by atoms with van der Waals surface area (Å²) >= 11 is 0. The number of rotatable bonds is 9. The Morgan fingerprint density at radius 3 is 2.46 bits per heavy atom. The molecule has 0 spiro atoms. The molecule has 5 nitrogen and oxygen atoms in total. The van der Waals surface area contributed by atoms with E-state index in [2.05, 4.69) is 6.07 Å². The van der Waals surface area contributed by atoms with Gasteiger partial charge in [-0.15, -0.1) is 0 Å². The van der Waals surface area contributed by atoms with E-state index in [-0.39, 0.29) is 13.2 Å². The topological polar surface area (TPSA) is 61.8 Å². The van der Waals surface area contributed by atoms with Crippen LogP contribution in [0.25, 0.3) is 0 Å². The van der Waals surface area contributed by atoms with Gasteiger partial charge in [-0.3, -0.25) is 9.59 Å². The van der Waals surface area contributed by atoms with E-state index in [1.165, 1.54) is 11.1 Å². The second kappa shape index (κ2) is 10.2. The quantitative estimate of drug-likeness (QED) is 0.490. The molecule has 1 atom stereocenters. The van der Waals surface area contributed by atoms with Crippen molar-refractivity contribution in [1.29, 1.82) is 0 Å². The first-order valence-corrected chi connectivity index (χ1v) is 9.61. The van der Waals surface area contributed by atoms with Crippen LogP contribution in [0.1, 0.15) is 63.0 Å². The minimum absolute atomic E-state index is 0.268. The Labute approximate surface area is 156 Å². The van der Waals surface area contributed by atoms with Gasteiger partial charge in [0, 0.05) is 0 Å². The molecular weight excluding hydrogens is 332 g/mol. The summed E-state index contributed by atoms with van der Waals surface area (Å²) in [5, 5.41) is 0. The Balaban J connectivity index is 2.00. The van der Waals surface area contributed by atoms with Crippen LogP contribution < -0.4 is 4.74 Å². The largest absolute Gasteiger partial charge is 0.496 e. The standard InChI is InChI=1S/C21H30O5/c1-4-25-20(22)18(21(23)26-5-2)13-7-10-15-9-6-12-17-16(15)11-8-14-19(17)24-3/h8,11,14-15,18H,4-7,9-10,12-13H2,1-3H3. The third kappa shape index (κ3) is 4.99. The monoisotopic (exact) mass is 362 g/mol. The Morgan fingerprint density at radius 1 is 1.15 bits per heavy atom. The molecule has 0 radical (unpaired) electrons. The minimum Gasteiger partial charge on any atom is -0.496 e. The predicted molar refractivity (Wildman–Crippen MR) is 99.3 cm³/mol. The minimum atomic E-state index is -0.816. The van der Waals surface area contributed by atoms with Crippen LogP contribution in [0.15, 0.2) is 18.2 Å². The third-order valence-electron chi connectivity index (χ3n) is 5.00. The number of fused-ring (bicyclic) bond motifs is 1. The van der Waals surface area contributed by atoms with E-state index in [0.717, 1.165) is 37.9 Å². The molecule has 144 valence electrons. The van der Waals surface area contributed by atoms with E-state index < -0.39 is 17.9 Å². The molecule has 0 saturated heterocycles. The average molecular weight is 362 g/mol. The average Bonchev–Trinajstić information content (AvgIpc) is 2.65. The molecule has 0 heterocycles. The van der Waals surface area contributed by atoms with E-state index in [1.54, 1.807) is 21.0 Å². The number of ether oxygens (including phenoxy) is 3. The first-order chi connectivity index (χ1) is 12.6. The summed E-state index contributed by atoms with van der Waals surface area (Å²) in [5.74, 6) is -0.362. The molecule has 0 saturated carbocycles. The lowest BCUT2D eigenvalue weighted by Gasteiger charge is -2.27. The number of hydrogen-bond donors (Lipinski definition) is 0. The molecule has 0 aliphatic heterocycles. The summed E-state index contributed by atoms with van der Waals surface area (Å²) in [4.78, 5) is 24.2. The zero-order valence-corrected chi connectivity index (χ0v) is 16.1. The van der Waals surface area contributed by atoms with Crippen molar-refractivity contribution in [2.24, 2.45) is 5.92 Å². The highest BCUT2D eigenvalue weighted by atomic mass is 16.6. The highest BCUT2D eigenvalue weighted by Crippen LogP contribution is 2.39. The van der Waals surface area contributed by atoms with Gasteiger partial charge in [0.1, 0.15) is 5.75 Å². The fraction of sp³-hybridized carbons (Fsp3) is 0.619. The Morgan fingerprint density at radius 2 is 1.85 bits per heavy atom. The summed E-state index contributed by atoms with van der Waals surface area (Å²) in [6.45, 7) is 4.02. The second-order valence-electron chi connectivity index (χ2n) is 6.60. The Hall–Kier alpha value is -2.04. The lowest BCUT2D eigenvalue weighted by atomic mass is 9.79. The van der Waals surface area contributed by atoms with E-state index in [4.69, 9.17) is 14.2 Å². The first kappa shape index (κ1) is 20.3. The van der Waals surface area contributed by atoms with Crippen LogP contribution in [0.2, 0.25) is 0 Å². The molecule has 0 fully saturated rings. The van der Waals surface area contributed by atoms with Crippen LogP contribution in [0.5, 0.6) is 5.75 Å². The molecule has 0 aromatic heterocycles. The number of carbonyl (C=O) groups excluding carboxylic acids is 2. The molecule has 5 heteroatoms. The summed E-state index contributed by atoms with van der Waals surface area (Å²) in [7, 11) is 1.71. The molecule has 1 aromatic rings. The summed E-state index contributed by atoms with van der Waals surface area (Å²) < 4.78 is 15.6. The number of esters is 2. The first-order valence-electron chi connectivity index (χ1n) is 9.61. The smallest absolute Gasteiger partial charge is 0.320 e. The molecule has 2 rings (SSSR count). The van der Waals surface area contributed by atoms with Crippen LogP contribution in [0.3, 0.4) is 0 Å². The lowest BCUT2D eigenvalue weighted by molar-refractivity contribution is -0.162. The van der Waals surface area contributed by atoms with Gasteiger partial charge in [0.2, 0.25) is 0 Å². The van der Waals surface area contributed by atoms with Crippen molar-refractivity contribution in [3.05, 3.63) is 29.3 Å². The molecule has 0 N–H and O–H groups in total. The van der Waals surface area contributed by atoms with Crippen molar-refractivity contribution in [3.63, 3.8) is 0 Å². The van der Waals surface area contributed by atoms with Gasteiger partial charge in [0.25, 0.3) is 0 Å². The van der Waals surface area contributed by atoms with Gasteiger partial charge in [0.15, 0.2) is 5.92 Å². The maximum Gasteiger partial charge on any atom is 0.320 e. The maximum atomic E-state index is 12.1. The van der Waals surface area contributed by atoms with Crippen LogP contribution >= 0.6 is 0 Å². The highest BCUT2D eigenvalue weighted by Gasteiger charge is 2.30. The van der Waals surface area contributed by atoms with Crippen LogP contribution in [0, 0.1) is 5.92 Å². The van der Waals surface area contributed by atoms with Gasteiger partial charge in [-0.25, -0.2) is 0 Å². The van der Waals surface area contributed by atoms with Crippen molar-refractivity contribution < 1.29 is 23.8 Å². The fourth-order valence-corrected chi connectivity index (χ4v) is 3.79. The van der Waals surface area contributed by atoms with Gasteiger partial charge in [-0.2, -0.15) is 0 Å². The molecular formula is C21H30O5. The lowest BCUT2D eigenvalue weighted by Crippen LogP contribution is -2.28. The van der Waals surface area contributed by atoms with Gasteiger partial charge < -0.3 is 14.2 Å². The number of benzene rings is 1. The molecule has 1 aliphatic carbocycles. The highest BCUT2D eigenvalue weighted by molar-refractivity contribution is 5.94. The third-order valence-corrected chi connectivity index (χ3v) is 5.00. The zero-order valence-electron chi connectivity index (χ0n) is 16.1. The summed E-state index contributed by atoms with van der Waals surface area (Å²) in [6, 6.07) is 6.23. The van der Waals surface area contributed by atoms with Crippen molar-refractivity contribution >= 4 is 11.9 Å². The van der Waals surface area contributed by atoms with Gasteiger partial charge >= 0.3 is 11.9 Å². The van der Waals surface area contributed by atoms with Crippen LogP contribution in [0.4, 0.5) is 0 Å². The van der Waals surface area contributed by atoms with Crippen LogP contribution in [-0.4, -0.2) is 32.3 Å². The molecule has 0 amide bonds. The van der Waals surface area contributed by atoms with Gasteiger partial charge in [0.05, 0.1) is 20.3 Å². The van der Waals surface area contributed by atoms with E-state index in [1.807, 2.05) is 12.1 Å². The second-order valence-corrected chi connectivity index (χ2v) is 6.60. The molecule has 1 unspecified atom stereocenters. The van der Waals surface area contributed by atoms with Crippen molar-refractivity contribution in [2.75, 3.05) is 20.3 Å². The Bertz CT molecular complexity index is 592. The fourth-order valence-electron chi connectivity index (χ4n) is 3.79. The maximum absolute atomic E-state index is 12.1. The predicted octanol–water partition coefficient (Wildman–Crippen LogP) is 4.03. The van der Waals surface area contributed by atoms with E-state index in [9.17, 15) is 9.59 Å². The molecule has 1 aliphatic rings. The summed E-state index contributed by atoms with van der Waals surface area (Å²) in [5.41, 5.74) is 2.65. The van der Waals surface area contributed by atoms with Crippen molar-refractivity contribution in [3.8, 4) is 5.75 Å². The number of methoxy groups -OCH3 is 1.